The summed E-state index contributed by atoms with van der Waals surface area (Å²) in [6, 6.07) is 12.7. The van der Waals surface area contributed by atoms with Crippen molar-refractivity contribution in [2.24, 2.45) is 5.10 Å². The number of carbonyl (C=O) groups excluding carboxylic acids is 1. The number of amides is 1. The van der Waals surface area contributed by atoms with E-state index in [1.807, 2.05) is 24.3 Å². The molecule has 0 fully saturated rings. The molecule has 28 heavy (non-hydrogen) atoms. The number of hydrazone groups is 1. The van der Waals surface area contributed by atoms with Crippen LogP contribution in [0.1, 0.15) is 54.9 Å². The molecule has 0 saturated carbocycles. The molecular weight excluding hydrogens is 420 g/mol. The smallest absolute Gasteiger partial charge is 0.271 e. The summed E-state index contributed by atoms with van der Waals surface area (Å²) in [5.41, 5.74) is 3.90. The molecule has 2 aromatic carbocycles. The second-order valence-electron chi connectivity index (χ2n) is 6.38. The minimum Gasteiger partial charge on any atom is -0.496 e. The fraction of sp³-hybridized carbons (Fsp3) is 0.364. The first-order chi connectivity index (χ1) is 13.6. The molecule has 0 radical (unpaired) electrons. The Hall–Kier alpha value is -2.34. The van der Waals surface area contributed by atoms with Crippen LogP contribution in [-0.4, -0.2) is 25.8 Å². The molecule has 1 N–H and O–H groups in total. The number of carbonyl (C=O) groups is 1. The number of nitrogens with one attached hydrogen (secondary N) is 1. The third kappa shape index (κ3) is 7.35. The van der Waals surface area contributed by atoms with Gasteiger partial charge in [-0.3, -0.25) is 4.79 Å². The molecule has 0 aromatic heterocycles. The number of hydrogen-bond acceptors (Lipinski definition) is 4. The molecule has 0 heterocycles. The van der Waals surface area contributed by atoms with Gasteiger partial charge in [0.05, 0.1) is 24.4 Å². The fourth-order valence-corrected chi connectivity index (χ4v) is 3.12. The average molecular weight is 447 g/mol. The van der Waals surface area contributed by atoms with Crippen molar-refractivity contribution in [3.63, 3.8) is 0 Å². The third-order valence-corrected chi connectivity index (χ3v) is 4.81. The Kier molecular flexibility index (Phi) is 9.55. The number of nitrogens with zero attached hydrogens (tertiary/aromatic N) is 1. The van der Waals surface area contributed by atoms with E-state index < -0.39 is 0 Å². The van der Waals surface area contributed by atoms with Gasteiger partial charge in [0.2, 0.25) is 0 Å². The summed E-state index contributed by atoms with van der Waals surface area (Å²) < 4.78 is 11.6. The molecular formula is C22H27BrN2O3. The van der Waals surface area contributed by atoms with Crippen molar-refractivity contribution in [1.82, 2.24) is 5.43 Å². The summed E-state index contributed by atoms with van der Waals surface area (Å²) in [6.45, 7) is 2.95. The first kappa shape index (κ1) is 22.0. The highest BCUT2D eigenvalue weighted by atomic mass is 79.9. The molecule has 0 bridgehead atoms. The van der Waals surface area contributed by atoms with Gasteiger partial charge in [-0.2, -0.15) is 5.10 Å². The van der Waals surface area contributed by atoms with Gasteiger partial charge in [-0.05, 0) is 70.4 Å². The van der Waals surface area contributed by atoms with Crippen molar-refractivity contribution in [2.75, 3.05) is 13.7 Å². The van der Waals surface area contributed by atoms with E-state index in [9.17, 15) is 4.79 Å². The third-order valence-electron chi connectivity index (χ3n) is 4.19. The number of rotatable bonds is 11. The van der Waals surface area contributed by atoms with E-state index in [0.29, 0.717) is 15.8 Å². The Bertz CT molecular complexity index is 776. The van der Waals surface area contributed by atoms with E-state index in [4.69, 9.17) is 9.47 Å². The lowest BCUT2D eigenvalue weighted by Crippen LogP contribution is -2.17. The van der Waals surface area contributed by atoms with Crippen molar-refractivity contribution in [1.29, 1.82) is 0 Å². The number of benzene rings is 2. The van der Waals surface area contributed by atoms with Gasteiger partial charge in [-0.15, -0.1) is 0 Å². The van der Waals surface area contributed by atoms with E-state index >= 15 is 0 Å². The zero-order chi connectivity index (χ0) is 20.2. The van der Waals surface area contributed by atoms with E-state index in [1.54, 1.807) is 31.5 Å². The lowest BCUT2D eigenvalue weighted by atomic mass is 10.2. The molecule has 6 heteroatoms. The molecule has 0 atom stereocenters. The summed E-state index contributed by atoms with van der Waals surface area (Å²) in [5, 5.41) is 4.01. The first-order valence-electron chi connectivity index (χ1n) is 9.54. The Balaban J connectivity index is 1.77. The average Bonchev–Trinajstić information content (AvgIpc) is 2.71. The lowest BCUT2D eigenvalue weighted by Gasteiger charge is -2.06. The van der Waals surface area contributed by atoms with Gasteiger partial charge in [0.1, 0.15) is 11.5 Å². The number of methoxy groups -OCH3 is 1. The summed E-state index contributed by atoms with van der Waals surface area (Å²) in [6.07, 6.45) is 7.71. The molecule has 0 spiro atoms. The Labute approximate surface area is 175 Å². The Morgan fingerprint density at radius 2 is 1.86 bits per heavy atom. The van der Waals surface area contributed by atoms with E-state index in [-0.39, 0.29) is 5.91 Å². The first-order valence-corrected chi connectivity index (χ1v) is 10.3. The van der Waals surface area contributed by atoms with Gasteiger partial charge >= 0.3 is 0 Å². The minimum atomic E-state index is -0.289. The molecule has 0 aliphatic rings. The van der Waals surface area contributed by atoms with Crippen molar-refractivity contribution < 1.29 is 14.3 Å². The SMILES string of the molecule is CCCCCCCOc1ccc(C=NNC(=O)c2ccc(OC)c(Br)c2)cc1. The number of halogens is 1. The maximum atomic E-state index is 12.1. The molecule has 0 aliphatic carbocycles. The van der Waals surface area contributed by atoms with Crippen LogP contribution in [-0.2, 0) is 0 Å². The molecule has 2 aromatic rings. The summed E-state index contributed by atoms with van der Waals surface area (Å²) >= 11 is 3.37. The highest BCUT2D eigenvalue weighted by Gasteiger charge is 2.07. The minimum absolute atomic E-state index is 0.289. The quantitative estimate of drug-likeness (QED) is 0.278. The summed E-state index contributed by atoms with van der Waals surface area (Å²) in [4.78, 5) is 12.1. The van der Waals surface area contributed by atoms with Crippen molar-refractivity contribution >= 4 is 28.1 Å². The highest BCUT2D eigenvalue weighted by molar-refractivity contribution is 9.10. The molecule has 2 rings (SSSR count). The van der Waals surface area contributed by atoms with Crippen molar-refractivity contribution in [3.8, 4) is 11.5 Å². The van der Waals surface area contributed by atoms with Crippen LogP contribution in [0.2, 0.25) is 0 Å². The monoisotopic (exact) mass is 446 g/mol. The predicted octanol–water partition coefficient (Wildman–Crippen LogP) is 5.57. The molecule has 0 saturated heterocycles. The summed E-state index contributed by atoms with van der Waals surface area (Å²) in [7, 11) is 1.58. The maximum absolute atomic E-state index is 12.1. The van der Waals surface area contributed by atoms with Gasteiger partial charge in [0, 0.05) is 5.56 Å². The van der Waals surface area contributed by atoms with Crippen LogP contribution in [0, 0.1) is 0 Å². The largest absolute Gasteiger partial charge is 0.496 e. The predicted molar refractivity (Wildman–Crippen MR) is 116 cm³/mol. The van der Waals surface area contributed by atoms with E-state index in [2.05, 4.69) is 33.4 Å². The second kappa shape index (κ2) is 12.2. The van der Waals surface area contributed by atoms with Crippen LogP contribution in [0.3, 0.4) is 0 Å². The summed E-state index contributed by atoms with van der Waals surface area (Å²) in [5.74, 6) is 1.23. The fourth-order valence-electron chi connectivity index (χ4n) is 2.58. The zero-order valence-corrected chi connectivity index (χ0v) is 18.0. The normalized spacial score (nSPS) is 10.8. The maximum Gasteiger partial charge on any atom is 0.271 e. The van der Waals surface area contributed by atoms with Gasteiger partial charge in [0.15, 0.2) is 0 Å². The second-order valence-corrected chi connectivity index (χ2v) is 7.23. The van der Waals surface area contributed by atoms with Crippen LogP contribution >= 0.6 is 15.9 Å². The van der Waals surface area contributed by atoms with Crippen LogP contribution in [0.25, 0.3) is 0 Å². The van der Waals surface area contributed by atoms with Crippen molar-refractivity contribution in [3.05, 3.63) is 58.1 Å². The molecule has 150 valence electrons. The van der Waals surface area contributed by atoms with Crippen molar-refractivity contribution in [2.45, 2.75) is 39.0 Å². The van der Waals surface area contributed by atoms with Crippen LogP contribution in [0.15, 0.2) is 52.0 Å². The zero-order valence-electron chi connectivity index (χ0n) is 16.4. The Morgan fingerprint density at radius 3 is 2.54 bits per heavy atom. The topological polar surface area (TPSA) is 59.9 Å². The number of hydrogen-bond donors (Lipinski definition) is 1. The van der Waals surface area contributed by atoms with Gasteiger partial charge < -0.3 is 9.47 Å². The van der Waals surface area contributed by atoms with Gasteiger partial charge in [0.25, 0.3) is 5.91 Å². The van der Waals surface area contributed by atoms with Gasteiger partial charge in [-0.1, -0.05) is 32.6 Å². The van der Waals surface area contributed by atoms with Gasteiger partial charge in [-0.25, -0.2) is 5.43 Å². The van der Waals surface area contributed by atoms with Crippen LogP contribution in [0.5, 0.6) is 11.5 Å². The van der Waals surface area contributed by atoms with E-state index in [0.717, 1.165) is 24.3 Å². The lowest BCUT2D eigenvalue weighted by molar-refractivity contribution is 0.0955. The van der Waals surface area contributed by atoms with Crippen LogP contribution in [0.4, 0.5) is 0 Å². The van der Waals surface area contributed by atoms with E-state index in [1.165, 1.54) is 25.7 Å². The van der Waals surface area contributed by atoms with Crippen LogP contribution < -0.4 is 14.9 Å². The standard InChI is InChI=1S/C22H27BrN2O3/c1-3-4-5-6-7-14-28-19-11-8-17(9-12-19)16-24-25-22(26)18-10-13-21(27-2)20(23)15-18/h8-13,15-16H,3-7,14H2,1-2H3,(H,25,26). The number of ether oxygens (including phenoxy) is 2. The molecule has 5 nitrogen and oxygen atoms in total. The molecule has 1 amide bonds. The highest BCUT2D eigenvalue weighted by Crippen LogP contribution is 2.25. The molecule has 0 aliphatic heterocycles. The molecule has 0 unspecified atom stereocenters. The Morgan fingerprint density at radius 1 is 1.11 bits per heavy atom. The number of unbranched alkanes of at least 4 members (excludes halogenated alkanes) is 4.